The van der Waals surface area contributed by atoms with E-state index in [1.165, 1.54) is 6.07 Å². The van der Waals surface area contributed by atoms with Gasteiger partial charge in [-0.15, -0.1) is 0 Å². The minimum atomic E-state index is -0.239. The van der Waals surface area contributed by atoms with Crippen LogP contribution in [0.4, 0.5) is 5.69 Å². The molecule has 2 rings (SSSR count). The van der Waals surface area contributed by atoms with Crippen molar-refractivity contribution in [1.29, 1.82) is 0 Å². The third-order valence-electron chi connectivity index (χ3n) is 2.64. The van der Waals surface area contributed by atoms with Crippen LogP contribution in [-0.2, 0) is 0 Å². The van der Waals surface area contributed by atoms with E-state index in [1.54, 1.807) is 37.3 Å². The van der Waals surface area contributed by atoms with Gasteiger partial charge in [-0.3, -0.25) is 4.79 Å². The Hall–Kier alpha value is -1.52. The van der Waals surface area contributed by atoms with Gasteiger partial charge in [-0.2, -0.15) is 0 Å². The summed E-state index contributed by atoms with van der Waals surface area (Å²) in [6, 6.07) is 9.86. The highest BCUT2D eigenvalue weighted by atomic mass is 79.9. The zero-order valence-corrected chi connectivity index (χ0v) is 12.4. The summed E-state index contributed by atoms with van der Waals surface area (Å²) in [6.45, 7) is 1.74. The fourth-order valence-corrected chi connectivity index (χ4v) is 2.07. The molecule has 3 nitrogen and oxygen atoms in total. The predicted octanol–water partition coefficient (Wildman–Crippen LogP) is 4.37. The topological polar surface area (TPSA) is 49.3 Å². The first-order valence-corrected chi connectivity index (χ1v) is 6.70. The van der Waals surface area contributed by atoms with E-state index in [9.17, 15) is 9.90 Å². The minimum absolute atomic E-state index is 0.172. The Morgan fingerprint density at radius 3 is 2.63 bits per heavy atom. The van der Waals surface area contributed by atoms with Gasteiger partial charge in [0.2, 0.25) is 0 Å². The van der Waals surface area contributed by atoms with Gasteiger partial charge in [0, 0.05) is 15.7 Å². The summed E-state index contributed by atoms with van der Waals surface area (Å²) in [5.74, 6) is -0.0666. The van der Waals surface area contributed by atoms with Crippen molar-refractivity contribution in [2.45, 2.75) is 6.92 Å². The van der Waals surface area contributed by atoms with E-state index >= 15 is 0 Å². The number of nitrogens with one attached hydrogen (secondary N) is 1. The quantitative estimate of drug-likeness (QED) is 0.853. The SMILES string of the molecule is Cc1cc(C(=O)Nc2ccc(Cl)c(Br)c2)ccc1O. The van der Waals surface area contributed by atoms with Gasteiger partial charge in [-0.1, -0.05) is 11.6 Å². The highest BCUT2D eigenvalue weighted by Crippen LogP contribution is 2.26. The predicted molar refractivity (Wildman–Crippen MR) is 79.9 cm³/mol. The fourth-order valence-electron chi connectivity index (χ4n) is 1.57. The maximum atomic E-state index is 12.0. The van der Waals surface area contributed by atoms with Gasteiger partial charge in [0.1, 0.15) is 5.75 Å². The molecule has 2 aromatic carbocycles. The Bertz CT molecular complexity index is 643. The first-order chi connectivity index (χ1) is 8.97. The molecular weight excluding hydrogens is 330 g/mol. The summed E-state index contributed by atoms with van der Waals surface area (Å²) in [6.07, 6.45) is 0. The molecule has 98 valence electrons. The number of hydrogen-bond donors (Lipinski definition) is 2. The molecule has 1 amide bonds. The van der Waals surface area contributed by atoms with Crippen molar-refractivity contribution in [1.82, 2.24) is 0 Å². The summed E-state index contributed by atoms with van der Waals surface area (Å²) < 4.78 is 0.717. The lowest BCUT2D eigenvalue weighted by molar-refractivity contribution is 0.102. The fraction of sp³-hybridized carbons (Fsp3) is 0.0714. The number of aromatic hydroxyl groups is 1. The number of rotatable bonds is 2. The van der Waals surface area contributed by atoms with Crippen molar-refractivity contribution in [2.24, 2.45) is 0 Å². The second kappa shape index (κ2) is 5.63. The van der Waals surface area contributed by atoms with Crippen molar-refractivity contribution in [2.75, 3.05) is 5.32 Å². The normalized spacial score (nSPS) is 10.3. The number of aryl methyl sites for hydroxylation is 1. The second-order valence-corrected chi connectivity index (χ2v) is 5.35. The van der Waals surface area contributed by atoms with E-state index in [4.69, 9.17) is 11.6 Å². The third-order valence-corrected chi connectivity index (χ3v) is 3.85. The van der Waals surface area contributed by atoms with Crippen molar-refractivity contribution in [3.05, 3.63) is 57.0 Å². The Morgan fingerprint density at radius 1 is 1.26 bits per heavy atom. The molecule has 0 aliphatic carbocycles. The van der Waals surface area contributed by atoms with Crippen LogP contribution in [0.2, 0.25) is 5.02 Å². The molecule has 0 unspecified atom stereocenters. The zero-order chi connectivity index (χ0) is 14.0. The monoisotopic (exact) mass is 339 g/mol. The molecule has 0 aliphatic rings. The molecule has 0 aliphatic heterocycles. The molecule has 0 bridgehead atoms. The summed E-state index contributed by atoms with van der Waals surface area (Å²) in [5.41, 5.74) is 1.79. The molecule has 0 saturated carbocycles. The molecule has 0 aromatic heterocycles. The number of benzene rings is 2. The van der Waals surface area contributed by atoms with Crippen LogP contribution in [0.1, 0.15) is 15.9 Å². The third kappa shape index (κ3) is 3.28. The molecule has 0 heterocycles. The van der Waals surface area contributed by atoms with E-state index in [2.05, 4.69) is 21.2 Å². The maximum Gasteiger partial charge on any atom is 0.255 e. The average Bonchev–Trinajstić information content (AvgIpc) is 2.37. The van der Waals surface area contributed by atoms with Crippen molar-refractivity contribution in [3.8, 4) is 5.75 Å². The van der Waals surface area contributed by atoms with Gasteiger partial charge < -0.3 is 10.4 Å². The molecule has 0 radical (unpaired) electrons. The lowest BCUT2D eigenvalue weighted by atomic mass is 10.1. The maximum absolute atomic E-state index is 12.0. The van der Waals surface area contributed by atoms with E-state index in [0.29, 0.717) is 26.3 Å². The van der Waals surface area contributed by atoms with Gasteiger partial charge in [-0.25, -0.2) is 0 Å². The van der Waals surface area contributed by atoms with E-state index < -0.39 is 0 Å². The second-order valence-electron chi connectivity index (χ2n) is 4.08. The lowest BCUT2D eigenvalue weighted by Crippen LogP contribution is -2.11. The van der Waals surface area contributed by atoms with Gasteiger partial charge in [0.25, 0.3) is 5.91 Å². The Balaban J connectivity index is 2.20. The number of amides is 1. The molecule has 2 aromatic rings. The number of carbonyl (C=O) groups is 1. The highest BCUT2D eigenvalue weighted by molar-refractivity contribution is 9.10. The van der Waals surface area contributed by atoms with Crippen LogP contribution in [0.5, 0.6) is 5.75 Å². The number of phenols is 1. The number of hydrogen-bond acceptors (Lipinski definition) is 2. The molecule has 0 spiro atoms. The summed E-state index contributed by atoms with van der Waals surface area (Å²) in [4.78, 5) is 12.0. The summed E-state index contributed by atoms with van der Waals surface area (Å²) >= 11 is 9.18. The molecule has 0 saturated heterocycles. The van der Waals surface area contributed by atoms with Gasteiger partial charge in [-0.05, 0) is 64.8 Å². The lowest BCUT2D eigenvalue weighted by Gasteiger charge is -2.07. The smallest absolute Gasteiger partial charge is 0.255 e. The Labute approximate surface area is 124 Å². The number of phenolic OH excluding ortho intramolecular Hbond substituents is 1. The van der Waals surface area contributed by atoms with Crippen molar-refractivity contribution < 1.29 is 9.90 Å². The van der Waals surface area contributed by atoms with Crippen LogP contribution in [0.3, 0.4) is 0 Å². The van der Waals surface area contributed by atoms with Crippen LogP contribution >= 0.6 is 27.5 Å². The van der Waals surface area contributed by atoms with Crippen LogP contribution in [-0.4, -0.2) is 11.0 Å². The molecule has 19 heavy (non-hydrogen) atoms. The molecule has 5 heteroatoms. The van der Waals surface area contributed by atoms with Crippen molar-refractivity contribution >= 4 is 39.1 Å². The average molecular weight is 341 g/mol. The number of halogens is 2. The molecule has 0 atom stereocenters. The highest BCUT2D eigenvalue weighted by Gasteiger charge is 2.08. The zero-order valence-electron chi connectivity index (χ0n) is 10.1. The van der Waals surface area contributed by atoms with E-state index in [1.807, 2.05) is 0 Å². The number of anilines is 1. The molecular formula is C14H11BrClNO2. The first-order valence-electron chi connectivity index (χ1n) is 5.53. The van der Waals surface area contributed by atoms with E-state index in [0.717, 1.165) is 0 Å². The standard InChI is InChI=1S/C14H11BrClNO2/c1-8-6-9(2-5-13(8)18)14(19)17-10-3-4-12(16)11(15)7-10/h2-7,18H,1H3,(H,17,19). The summed E-state index contributed by atoms with van der Waals surface area (Å²) in [5, 5.41) is 12.8. The van der Waals surface area contributed by atoms with Crippen LogP contribution in [0, 0.1) is 6.92 Å². The van der Waals surface area contributed by atoms with Gasteiger partial charge in [0.05, 0.1) is 5.02 Å². The Morgan fingerprint density at radius 2 is 2.00 bits per heavy atom. The largest absolute Gasteiger partial charge is 0.508 e. The van der Waals surface area contributed by atoms with Crippen LogP contribution in [0.15, 0.2) is 40.9 Å². The van der Waals surface area contributed by atoms with E-state index in [-0.39, 0.29) is 11.7 Å². The van der Waals surface area contributed by atoms with Crippen molar-refractivity contribution in [3.63, 3.8) is 0 Å². The first kappa shape index (κ1) is 13.9. The van der Waals surface area contributed by atoms with Gasteiger partial charge in [0.15, 0.2) is 0 Å². The minimum Gasteiger partial charge on any atom is -0.508 e. The number of carbonyl (C=O) groups excluding carboxylic acids is 1. The van der Waals surface area contributed by atoms with Crippen LogP contribution < -0.4 is 5.32 Å². The Kier molecular flexibility index (Phi) is 4.12. The molecule has 2 N–H and O–H groups in total. The summed E-state index contributed by atoms with van der Waals surface area (Å²) in [7, 11) is 0. The molecule has 0 fully saturated rings. The van der Waals surface area contributed by atoms with Crippen LogP contribution in [0.25, 0.3) is 0 Å². The van der Waals surface area contributed by atoms with Gasteiger partial charge >= 0.3 is 0 Å².